The van der Waals surface area contributed by atoms with Crippen LogP contribution in [0.1, 0.15) is 110 Å². The lowest BCUT2D eigenvalue weighted by atomic mass is 10.0. The van der Waals surface area contributed by atoms with Crippen molar-refractivity contribution in [1.29, 1.82) is 0 Å². The second kappa shape index (κ2) is 16.8. The molecule has 0 N–H and O–H groups in total. The molecule has 0 spiro atoms. The van der Waals surface area contributed by atoms with Gasteiger partial charge in [-0.2, -0.15) is 0 Å². The molecule has 0 amide bonds. The Hall–Kier alpha value is 0.400. The summed E-state index contributed by atoms with van der Waals surface area (Å²) in [4.78, 5) is 0. The molecule has 1 saturated heterocycles. The number of hydrogen-bond acceptors (Lipinski definition) is 2. The highest BCUT2D eigenvalue weighted by Crippen LogP contribution is 2.19. The number of rotatable bonds is 17. The van der Waals surface area contributed by atoms with Crippen molar-refractivity contribution >= 4 is 15.9 Å². The molecule has 2 unspecified atom stereocenters. The Labute approximate surface area is 159 Å². The third kappa shape index (κ3) is 12.7. The van der Waals surface area contributed by atoms with Gasteiger partial charge < -0.3 is 9.47 Å². The van der Waals surface area contributed by atoms with E-state index in [1.807, 2.05) is 0 Å². The molecule has 2 atom stereocenters. The van der Waals surface area contributed by atoms with E-state index in [1.165, 1.54) is 96.3 Å². The van der Waals surface area contributed by atoms with Crippen LogP contribution in [0.25, 0.3) is 0 Å². The van der Waals surface area contributed by atoms with Crippen LogP contribution in [0.4, 0.5) is 0 Å². The minimum Gasteiger partial charge on any atom is -0.350 e. The van der Waals surface area contributed by atoms with Gasteiger partial charge >= 0.3 is 0 Å². The van der Waals surface area contributed by atoms with E-state index in [4.69, 9.17) is 9.47 Å². The quantitative estimate of drug-likeness (QED) is 0.186. The van der Waals surface area contributed by atoms with Gasteiger partial charge in [0.05, 0.1) is 12.7 Å². The first-order valence-corrected chi connectivity index (χ1v) is 11.8. The van der Waals surface area contributed by atoms with Crippen LogP contribution in [0.5, 0.6) is 0 Å². The van der Waals surface area contributed by atoms with Crippen LogP contribution in [0.3, 0.4) is 0 Å². The fourth-order valence-electron chi connectivity index (χ4n) is 3.42. The first-order valence-electron chi connectivity index (χ1n) is 10.7. The molecule has 1 aliphatic rings. The monoisotopic (exact) mass is 404 g/mol. The molecule has 0 aromatic heterocycles. The topological polar surface area (TPSA) is 18.5 Å². The minimum absolute atomic E-state index is 0.0644. The molecule has 3 heteroatoms. The highest BCUT2D eigenvalue weighted by atomic mass is 79.9. The lowest BCUT2D eigenvalue weighted by molar-refractivity contribution is -0.0596. The zero-order valence-electron chi connectivity index (χ0n) is 16.1. The Morgan fingerprint density at radius 2 is 1.17 bits per heavy atom. The summed E-state index contributed by atoms with van der Waals surface area (Å²) in [5, 5.41) is 0.891. The molecule has 1 aliphatic heterocycles. The van der Waals surface area contributed by atoms with E-state index in [1.54, 1.807) is 0 Å². The average molecular weight is 405 g/mol. The highest BCUT2D eigenvalue weighted by molar-refractivity contribution is 9.09. The summed E-state index contributed by atoms with van der Waals surface area (Å²) in [7, 11) is 0. The number of unbranched alkanes of at least 4 members (excludes halogenated alkanes) is 14. The number of hydrogen-bond donors (Lipinski definition) is 0. The van der Waals surface area contributed by atoms with Crippen molar-refractivity contribution < 1.29 is 9.47 Å². The van der Waals surface area contributed by atoms with Gasteiger partial charge in [-0.3, -0.25) is 0 Å². The normalized spacial score (nSPS) is 20.8. The van der Waals surface area contributed by atoms with Crippen molar-refractivity contribution in [3.05, 3.63) is 0 Å². The van der Waals surface area contributed by atoms with Gasteiger partial charge in [0, 0.05) is 5.33 Å². The Bertz CT molecular complexity index is 260. The largest absolute Gasteiger partial charge is 0.350 e. The van der Waals surface area contributed by atoms with E-state index < -0.39 is 0 Å². The first-order chi connectivity index (χ1) is 11.9. The van der Waals surface area contributed by atoms with Crippen LogP contribution in [0.2, 0.25) is 0 Å². The van der Waals surface area contributed by atoms with Crippen LogP contribution >= 0.6 is 15.9 Å². The molecule has 144 valence electrons. The summed E-state index contributed by atoms with van der Waals surface area (Å²) < 4.78 is 11.4. The molecule has 0 bridgehead atoms. The second-order valence-corrected chi connectivity index (χ2v) is 8.06. The Balaban J connectivity index is 1.69. The molecule has 0 aromatic rings. The number of halogens is 1. The summed E-state index contributed by atoms with van der Waals surface area (Å²) in [6.07, 6.45) is 22.6. The molecule has 1 fully saturated rings. The third-order valence-corrected chi connectivity index (χ3v) is 5.75. The molecular formula is C21H41BrO2. The SMILES string of the molecule is CCCCCCCCCCCCCCCCCC1OCC(CBr)O1. The summed E-state index contributed by atoms with van der Waals surface area (Å²) in [5.41, 5.74) is 0. The summed E-state index contributed by atoms with van der Waals surface area (Å²) in [5.74, 6) is 0. The maximum atomic E-state index is 5.76. The third-order valence-electron chi connectivity index (χ3n) is 5.03. The standard InChI is InChI=1S/C21H41BrO2/c1-2-3-4-5-6-7-8-9-10-11-12-13-14-15-16-17-21-23-19-20(18-22)24-21/h20-21H,2-19H2,1H3. The molecule has 1 rings (SSSR count). The van der Waals surface area contributed by atoms with E-state index in [0.29, 0.717) is 0 Å². The predicted octanol–water partition coefficient (Wildman–Crippen LogP) is 7.38. The average Bonchev–Trinajstić information content (AvgIpc) is 3.06. The Morgan fingerprint density at radius 3 is 1.58 bits per heavy atom. The van der Waals surface area contributed by atoms with E-state index in [2.05, 4.69) is 22.9 Å². The van der Waals surface area contributed by atoms with Gasteiger partial charge in [-0.25, -0.2) is 0 Å². The number of alkyl halides is 1. The lowest BCUT2D eigenvalue weighted by Gasteiger charge is -2.09. The summed E-state index contributed by atoms with van der Waals surface area (Å²) in [6, 6.07) is 0. The zero-order valence-corrected chi connectivity index (χ0v) is 17.7. The predicted molar refractivity (Wildman–Crippen MR) is 108 cm³/mol. The van der Waals surface area contributed by atoms with Crippen LogP contribution in [0.15, 0.2) is 0 Å². The van der Waals surface area contributed by atoms with E-state index in [0.717, 1.165) is 18.4 Å². The second-order valence-electron chi connectivity index (χ2n) is 7.41. The highest BCUT2D eigenvalue weighted by Gasteiger charge is 2.24. The molecule has 0 saturated carbocycles. The van der Waals surface area contributed by atoms with Crippen LogP contribution in [0, 0.1) is 0 Å². The first kappa shape index (κ1) is 22.4. The van der Waals surface area contributed by atoms with Crippen molar-refractivity contribution in [2.45, 2.75) is 122 Å². The Morgan fingerprint density at radius 1 is 0.708 bits per heavy atom. The van der Waals surface area contributed by atoms with Crippen molar-refractivity contribution in [3.63, 3.8) is 0 Å². The van der Waals surface area contributed by atoms with Gasteiger partial charge in [-0.15, -0.1) is 0 Å². The fraction of sp³-hybridized carbons (Fsp3) is 1.00. The lowest BCUT2D eigenvalue weighted by Crippen LogP contribution is -2.13. The molecule has 2 nitrogen and oxygen atoms in total. The van der Waals surface area contributed by atoms with Crippen molar-refractivity contribution in [2.75, 3.05) is 11.9 Å². The van der Waals surface area contributed by atoms with E-state index in [9.17, 15) is 0 Å². The van der Waals surface area contributed by atoms with E-state index >= 15 is 0 Å². The molecule has 0 radical (unpaired) electrons. The summed E-state index contributed by atoms with van der Waals surface area (Å²) >= 11 is 3.45. The molecule has 1 heterocycles. The maximum absolute atomic E-state index is 5.76. The van der Waals surface area contributed by atoms with E-state index in [-0.39, 0.29) is 12.4 Å². The van der Waals surface area contributed by atoms with Crippen molar-refractivity contribution in [3.8, 4) is 0 Å². The Kier molecular flexibility index (Phi) is 15.8. The fourth-order valence-corrected chi connectivity index (χ4v) is 3.76. The smallest absolute Gasteiger partial charge is 0.158 e. The minimum atomic E-state index is 0.0644. The van der Waals surface area contributed by atoms with Gasteiger partial charge in [-0.1, -0.05) is 113 Å². The summed E-state index contributed by atoms with van der Waals surface area (Å²) in [6.45, 7) is 3.05. The van der Waals surface area contributed by atoms with Gasteiger partial charge in [0.25, 0.3) is 0 Å². The van der Waals surface area contributed by atoms with Gasteiger partial charge in [-0.05, 0) is 12.8 Å². The van der Waals surface area contributed by atoms with Crippen molar-refractivity contribution in [1.82, 2.24) is 0 Å². The molecule has 0 aliphatic carbocycles. The zero-order chi connectivity index (χ0) is 17.3. The molecule has 0 aromatic carbocycles. The van der Waals surface area contributed by atoms with Gasteiger partial charge in [0.15, 0.2) is 6.29 Å². The maximum Gasteiger partial charge on any atom is 0.158 e. The van der Waals surface area contributed by atoms with Crippen LogP contribution < -0.4 is 0 Å². The van der Waals surface area contributed by atoms with Crippen LogP contribution in [-0.4, -0.2) is 24.3 Å². The van der Waals surface area contributed by atoms with Crippen molar-refractivity contribution in [2.24, 2.45) is 0 Å². The molecule has 24 heavy (non-hydrogen) atoms. The molecular weight excluding hydrogens is 364 g/mol. The van der Waals surface area contributed by atoms with Gasteiger partial charge in [0.1, 0.15) is 0 Å². The number of ether oxygens (including phenoxy) is 2. The van der Waals surface area contributed by atoms with Gasteiger partial charge in [0.2, 0.25) is 0 Å². The van der Waals surface area contributed by atoms with Crippen LogP contribution in [-0.2, 0) is 9.47 Å².